The maximum absolute atomic E-state index is 12.2. The number of urea groups is 1. The standard InChI is InChI=1S/C15H12N4O2S2/c16-15(21)18-10-5-3-9(4-6-10)17-13(20)11-8-23-14(19-11)12-2-1-7-22-12/h1-8H,(H,17,20)(H3,16,18,21). The lowest BCUT2D eigenvalue weighted by molar-refractivity contribution is 0.102. The van der Waals surface area contributed by atoms with Gasteiger partial charge in [-0.25, -0.2) is 9.78 Å². The zero-order valence-electron chi connectivity index (χ0n) is 11.8. The highest BCUT2D eigenvalue weighted by Crippen LogP contribution is 2.28. The Labute approximate surface area is 140 Å². The summed E-state index contributed by atoms with van der Waals surface area (Å²) >= 11 is 3.02. The van der Waals surface area contributed by atoms with Crippen LogP contribution in [0.5, 0.6) is 0 Å². The van der Waals surface area contributed by atoms with Gasteiger partial charge in [0.1, 0.15) is 10.7 Å². The Hall–Kier alpha value is -2.71. The number of primary amides is 1. The van der Waals surface area contributed by atoms with Gasteiger partial charge in [0.25, 0.3) is 5.91 Å². The van der Waals surface area contributed by atoms with Crippen LogP contribution in [0.15, 0.2) is 47.2 Å². The summed E-state index contributed by atoms with van der Waals surface area (Å²) in [7, 11) is 0. The van der Waals surface area contributed by atoms with Crippen LogP contribution in [0.25, 0.3) is 9.88 Å². The molecule has 0 fully saturated rings. The van der Waals surface area contributed by atoms with Gasteiger partial charge >= 0.3 is 6.03 Å². The van der Waals surface area contributed by atoms with Gasteiger partial charge in [-0.1, -0.05) is 6.07 Å². The Bertz CT molecular complexity index is 826. The number of hydrogen-bond donors (Lipinski definition) is 3. The molecule has 0 aliphatic heterocycles. The number of thiophene rings is 1. The fourth-order valence-electron chi connectivity index (χ4n) is 1.87. The minimum Gasteiger partial charge on any atom is -0.351 e. The molecule has 0 saturated heterocycles. The third-order valence-electron chi connectivity index (χ3n) is 2.88. The fourth-order valence-corrected chi connectivity index (χ4v) is 3.48. The average molecular weight is 344 g/mol. The molecule has 3 rings (SSSR count). The van der Waals surface area contributed by atoms with Crippen molar-refractivity contribution < 1.29 is 9.59 Å². The molecule has 0 atom stereocenters. The molecule has 6 nitrogen and oxygen atoms in total. The number of thiazole rings is 1. The zero-order chi connectivity index (χ0) is 16.2. The molecular formula is C15H12N4O2S2. The molecular weight excluding hydrogens is 332 g/mol. The molecule has 0 unspecified atom stereocenters. The van der Waals surface area contributed by atoms with E-state index in [2.05, 4.69) is 15.6 Å². The second kappa shape index (κ2) is 6.59. The van der Waals surface area contributed by atoms with E-state index < -0.39 is 6.03 Å². The number of anilines is 2. The van der Waals surface area contributed by atoms with Crippen molar-refractivity contribution >= 4 is 46.0 Å². The Morgan fingerprint density at radius 2 is 1.70 bits per heavy atom. The first-order chi connectivity index (χ1) is 11.1. The molecule has 2 aromatic heterocycles. The van der Waals surface area contributed by atoms with Gasteiger partial charge in [-0.2, -0.15) is 0 Å². The highest BCUT2D eigenvalue weighted by Gasteiger charge is 2.12. The molecule has 8 heteroatoms. The highest BCUT2D eigenvalue weighted by molar-refractivity contribution is 7.20. The average Bonchev–Trinajstić information content (AvgIpc) is 3.19. The van der Waals surface area contributed by atoms with Gasteiger partial charge in [0, 0.05) is 16.8 Å². The number of aromatic nitrogens is 1. The van der Waals surface area contributed by atoms with Crippen LogP contribution in [0.4, 0.5) is 16.2 Å². The predicted octanol–water partition coefficient (Wildman–Crippen LogP) is 3.61. The van der Waals surface area contributed by atoms with Crippen LogP contribution in [0.2, 0.25) is 0 Å². The smallest absolute Gasteiger partial charge is 0.316 e. The normalized spacial score (nSPS) is 10.3. The molecule has 0 aliphatic carbocycles. The lowest BCUT2D eigenvalue weighted by Gasteiger charge is -2.05. The van der Waals surface area contributed by atoms with E-state index in [0.29, 0.717) is 17.1 Å². The summed E-state index contributed by atoms with van der Waals surface area (Å²) in [4.78, 5) is 28.3. The highest BCUT2D eigenvalue weighted by atomic mass is 32.1. The molecule has 0 spiro atoms. The van der Waals surface area contributed by atoms with E-state index in [9.17, 15) is 9.59 Å². The molecule has 0 bridgehead atoms. The van der Waals surface area contributed by atoms with Crippen LogP contribution < -0.4 is 16.4 Å². The topological polar surface area (TPSA) is 97.1 Å². The number of carbonyl (C=O) groups excluding carboxylic acids is 2. The van der Waals surface area contributed by atoms with Crippen molar-refractivity contribution in [3.63, 3.8) is 0 Å². The number of hydrogen-bond acceptors (Lipinski definition) is 5. The zero-order valence-corrected chi connectivity index (χ0v) is 13.4. The first-order valence-corrected chi connectivity index (χ1v) is 8.35. The van der Waals surface area contributed by atoms with Crippen LogP contribution >= 0.6 is 22.7 Å². The Morgan fingerprint density at radius 3 is 2.30 bits per heavy atom. The van der Waals surface area contributed by atoms with Crippen LogP contribution in [-0.2, 0) is 0 Å². The number of nitrogens with two attached hydrogens (primary N) is 1. The second-order valence-electron chi connectivity index (χ2n) is 4.54. The van der Waals surface area contributed by atoms with E-state index in [0.717, 1.165) is 9.88 Å². The summed E-state index contributed by atoms with van der Waals surface area (Å²) in [5, 5.41) is 9.74. The number of nitrogens with zero attached hydrogens (tertiary/aromatic N) is 1. The number of carbonyl (C=O) groups is 2. The van der Waals surface area contributed by atoms with E-state index in [1.165, 1.54) is 11.3 Å². The maximum atomic E-state index is 12.2. The Kier molecular flexibility index (Phi) is 4.35. The third-order valence-corrected chi connectivity index (χ3v) is 4.76. The molecule has 3 amide bonds. The molecule has 116 valence electrons. The summed E-state index contributed by atoms with van der Waals surface area (Å²) in [6.07, 6.45) is 0. The summed E-state index contributed by atoms with van der Waals surface area (Å²) in [5.74, 6) is -0.278. The molecule has 0 radical (unpaired) electrons. The van der Waals surface area contributed by atoms with Crippen LogP contribution in [0, 0.1) is 0 Å². The number of amides is 3. The van der Waals surface area contributed by atoms with E-state index in [1.54, 1.807) is 41.0 Å². The second-order valence-corrected chi connectivity index (χ2v) is 6.34. The SMILES string of the molecule is NC(=O)Nc1ccc(NC(=O)c2csc(-c3cccs3)n2)cc1. The van der Waals surface area contributed by atoms with Gasteiger partial charge in [0.05, 0.1) is 4.88 Å². The minimum atomic E-state index is -0.634. The van der Waals surface area contributed by atoms with Crippen molar-refractivity contribution in [2.24, 2.45) is 5.73 Å². The van der Waals surface area contributed by atoms with Gasteiger partial charge in [0.2, 0.25) is 0 Å². The van der Waals surface area contributed by atoms with Gasteiger partial charge in [0.15, 0.2) is 0 Å². The summed E-state index contributed by atoms with van der Waals surface area (Å²) in [6.45, 7) is 0. The quantitative estimate of drug-likeness (QED) is 0.674. The van der Waals surface area contributed by atoms with Crippen molar-refractivity contribution in [3.8, 4) is 9.88 Å². The van der Waals surface area contributed by atoms with Crippen molar-refractivity contribution in [2.45, 2.75) is 0 Å². The number of benzene rings is 1. The largest absolute Gasteiger partial charge is 0.351 e. The Morgan fingerprint density at radius 1 is 1.00 bits per heavy atom. The third kappa shape index (κ3) is 3.74. The molecule has 0 aliphatic rings. The van der Waals surface area contributed by atoms with E-state index in [4.69, 9.17) is 5.73 Å². The van der Waals surface area contributed by atoms with E-state index in [1.807, 2.05) is 17.5 Å². The molecule has 0 saturated carbocycles. The summed E-state index contributed by atoms with van der Waals surface area (Å²) in [5.41, 5.74) is 6.58. The first kappa shape index (κ1) is 15.2. The molecule has 4 N–H and O–H groups in total. The predicted molar refractivity (Wildman–Crippen MR) is 93.0 cm³/mol. The van der Waals surface area contributed by atoms with Gasteiger partial charge in [-0.05, 0) is 35.7 Å². The molecule has 23 heavy (non-hydrogen) atoms. The summed E-state index contributed by atoms with van der Waals surface area (Å²) < 4.78 is 0. The van der Waals surface area contributed by atoms with Crippen molar-refractivity contribution in [1.82, 2.24) is 4.98 Å². The monoisotopic (exact) mass is 344 g/mol. The number of nitrogens with one attached hydrogen (secondary N) is 2. The fraction of sp³-hybridized carbons (Fsp3) is 0. The maximum Gasteiger partial charge on any atom is 0.316 e. The molecule has 2 heterocycles. The van der Waals surface area contributed by atoms with Crippen LogP contribution in [-0.4, -0.2) is 16.9 Å². The lowest BCUT2D eigenvalue weighted by atomic mass is 10.2. The number of rotatable bonds is 4. The van der Waals surface area contributed by atoms with E-state index >= 15 is 0 Å². The van der Waals surface area contributed by atoms with Crippen LogP contribution in [0.3, 0.4) is 0 Å². The minimum absolute atomic E-state index is 0.278. The van der Waals surface area contributed by atoms with Gasteiger partial charge in [-0.3, -0.25) is 4.79 Å². The first-order valence-electron chi connectivity index (χ1n) is 6.59. The summed E-state index contributed by atoms with van der Waals surface area (Å²) in [6, 6.07) is 9.94. The van der Waals surface area contributed by atoms with Gasteiger partial charge < -0.3 is 16.4 Å². The van der Waals surface area contributed by atoms with Crippen molar-refractivity contribution in [1.29, 1.82) is 0 Å². The van der Waals surface area contributed by atoms with Crippen molar-refractivity contribution in [2.75, 3.05) is 10.6 Å². The van der Waals surface area contributed by atoms with E-state index in [-0.39, 0.29) is 5.91 Å². The molecule has 1 aromatic carbocycles. The molecule has 3 aromatic rings. The Balaban J connectivity index is 1.68. The van der Waals surface area contributed by atoms with Crippen molar-refractivity contribution in [3.05, 3.63) is 52.9 Å². The van der Waals surface area contributed by atoms with Gasteiger partial charge in [-0.15, -0.1) is 22.7 Å². The lowest BCUT2D eigenvalue weighted by Crippen LogP contribution is -2.19. The van der Waals surface area contributed by atoms with Crippen LogP contribution in [0.1, 0.15) is 10.5 Å².